The van der Waals surface area contributed by atoms with Gasteiger partial charge < -0.3 is 4.90 Å². The summed E-state index contributed by atoms with van der Waals surface area (Å²) in [6.07, 6.45) is 5.82. The van der Waals surface area contributed by atoms with Crippen molar-refractivity contribution < 1.29 is 9.72 Å². The van der Waals surface area contributed by atoms with Crippen LogP contribution in [0.4, 0.5) is 5.69 Å². The lowest BCUT2D eigenvalue weighted by molar-refractivity contribution is -0.384. The molecule has 3 unspecified atom stereocenters. The van der Waals surface area contributed by atoms with Crippen molar-refractivity contribution in [1.29, 1.82) is 0 Å². The van der Waals surface area contributed by atoms with Crippen molar-refractivity contribution in [1.82, 2.24) is 4.90 Å². The summed E-state index contributed by atoms with van der Waals surface area (Å²) in [6, 6.07) is 6.49. The molecule has 1 heterocycles. The van der Waals surface area contributed by atoms with Crippen molar-refractivity contribution >= 4 is 35.1 Å². The molecule has 5 nitrogen and oxygen atoms in total. The largest absolute Gasteiger partial charge is 0.339 e. The fourth-order valence-corrected chi connectivity index (χ4v) is 9.35. The highest BCUT2D eigenvalue weighted by molar-refractivity contribution is 8.21. The van der Waals surface area contributed by atoms with Gasteiger partial charge in [-0.15, -0.1) is 23.5 Å². The molecule has 1 spiro atoms. The van der Waals surface area contributed by atoms with Crippen LogP contribution in [0.1, 0.15) is 50.6 Å². The van der Waals surface area contributed by atoms with Gasteiger partial charge in [0.05, 0.1) is 15.0 Å². The normalized spacial score (nSPS) is 29.4. The molecule has 1 saturated heterocycles. The number of carbonyl (C=O) groups excluding carboxylic acids is 1. The number of nitro groups is 1. The molecule has 1 aliphatic heterocycles. The highest BCUT2D eigenvalue weighted by atomic mass is 32.2. The molecular weight excluding hydrogens is 392 g/mol. The zero-order valence-electron chi connectivity index (χ0n) is 16.5. The zero-order chi connectivity index (χ0) is 19.9. The van der Waals surface area contributed by atoms with Gasteiger partial charge in [-0.3, -0.25) is 14.9 Å². The van der Waals surface area contributed by atoms with Crippen molar-refractivity contribution in [2.24, 2.45) is 17.8 Å². The van der Waals surface area contributed by atoms with Gasteiger partial charge in [-0.05, 0) is 50.0 Å². The fourth-order valence-electron chi connectivity index (χ4n) is 5.41. The van der Waals surface area contributed by atoms with Gasteiger partial charge in [0.2, 0.25) is 5.91 Å². The van der Waals surface area contributed by atoms with Crippen LogP contribution in [0.25, 0.3) is 0 Å². The van der Waals surface area contributed by atoms with Crippen LogP contribution in [0.5, 0.6) is 0 Å². The van der Waals surface area contributed by atoms with E-state index in [0.29, 0.717) is 15.9 Å². The van der Waals surface area contributed by atoms with Crippen LogP contribution >= 0.6 is 23.5 Å². The number of rotatable bonds is 4. The fraction of sp³-hybridized carbons (Fsp3) is 0.667. The number of carbonyl (C=O) groups is 1. The van der Waals surface area contributed by atoms with Crippen molar-refractivity contribution in [3.63, 3.8) is 0 Å². The number of nitro benzene ring substituents is 1. The van der Waals surface area contributed by atoms with E-state index in [0.717, 1.165) is 18.4 Å². The van der Waals surface area contributed by atoms with Gasteiger partial charge in [-0.1, -0.05) is 18.6 Å². The Morgan fingerprint density at radius 3 is 2.50 bits per heavy atom. The molecule has 0 N–H and O–H groups in total. The Labute approximate surface area is 175 Å². The lowest BCUT2D eigenvalue weighted by atomic mass is 9.66. The predicted octanol–water partition coefficient (Wildman–Crippen LogP) is 5.12. The molecule has 1 amide bonds. The van der Waals surface area contributed by atoms with Gasteiger partial charge in [0.15, 0.2) is 0 Å². The number of hydrogen-bond donors (Lipinski definition) is 0. The second kappa shape index (κ2) is 7.90. The van der Waals surface area contributed by atoms with Gasteiger partial charge >= 0.3 is 0 Å². The van der Waals surface area contributed by atoms with Gasteiger partial charge in [0, 0.05) is 36.6 Å². The first-order chi connectivity index (χ1) is 13.4. The van der Waals surface area contributed by atoms with Crippen LogP contribution < -0.4 is 0 Å². The van der Waals surface area contributed by atoms with Gasteiger partial charge in [0.25, 0.3) is 5.69 Å². The first-order valence-corrected chi connectivity index (χ1v) is 12.2. The van der Waals surface area contributed by atoms with Gasteiger partial charge in [-0.25, -0.2) is 0 Å². The molecule has 0 aromatic heterocycles. The summed E-state index contributed by atoms with van der Waals surface area (Å²) < 4.78 is 0.374. The average molecular weight is 421 g/mol. The lowest BCUT2D eigenvalue weighted by Crippen LogP contribution is -2.50. The number of amides is 1. The third-order valence-electron chi connectivity index (χ3n) is 6.96. The predicted molar refractivity (Wildman–Crippen MR) is 115 cm³/mol. The van der Waals surface area contributed by atoms with E-state index in [-0.39, 0.29) is 28.5 Å². The SMILES string of the molecule is CC(c1cccc([N+](=O)[O-])c1)N(C)C(=O)C1CC2CCCC(C1)C21SCCS1. The summed E-state index contributed by atoms with van der Waals surface area (Å²) in [4.78, 5) is 25.9. The molecule has 152 valence electrons. The molecule has 28 heavy (non-hydrogen) atoms. The maximum atomic E-state index is 13.3. The van der Waals surface area contributed by atoms with Crippen LogP contribution in [0, 0.1) is 27.9 Å². The number of nitrogens with zero attached hydrogens (tertiary/aromatic N) is 2. The van der Waals surface area contributed by atoms with Crippen molar-refractivity contribution in [2.45, 2.75) is 49.1 Å². The minimum absolute atomic E-state index is 0.0784. The zero-order valence-corrected chi connectivity index (χ0v) is 18.1. The quantitative estimate of drug-likeness (QED) is 0.500. The maximum absolute atomic E-state index is 13.3. The number of hydrogen-bond acceptors (Lipinski definition) is 5. The highest BCUT2D eigenvalue weighted by Gasteiger charge is 2.55. The third kappa shape index (κ3) is 3.45. The number of non-ortho nitro benzene ring substituents is 1. The Morgan fingerprint density at radius 2 is 1.89 bits per heavy atom. The number of thioether (sulfide) groups is 2. The molecular formula is C21H28N2O3S2. The molecule has 1 aromatic rings. The molecule has 2 saturated carbocycles. The molecule has 2 bridgehead atoms. The lowest BCUT2D eigenvalue weighted by Gasteiger charge is -2.52. The molecule has 4 rings (SSSR count). The second-order valence-electron chi connectivity index (χ2n) is 8.39. The van der Waals surface area contributed by atoms with E-state index < -0.39 is 0 Å². The topological polar surface area (TPSA) is 63.5 Å². The summed E-state index contributed by atoms with van der Waals surface area (Å²) in [7, 11) is 1.85. The van der Waals surface area contributed by atoms with E-state index in [1.165, 1.54) is 36.8 Å². The Bertz CT molecular complexity index is 750. The number of benzene rings is 1. The Balaban J connectivity index is 1.48. The van der Waals surface area contributed by atoms with Crippen molar-refractivity contribution in [3.8, 4) is 0 Å². The van der Waals surface area contributed by atoms with Crippen LogP contribution in [-0.4, -0.2) is 38.4 Å². The monoisotopic (exact) mass is 420 g/mol. The highest BCUT2D eigenvalue weighted by Crippen LogP contribution is 2.64. The summed E-state index contributed by atoms with van der Waals surface area (Å²) in [5.41, 5.74) is 0.897. The Hall–Kier alpha value is -1.21. The smallest absolute Gasteiger partial charge is 0.269 e. The van der Waals surface area contributed by atoms with E-state index in [9.17, 15) is 14.9 Å². The maximum Gasteiger partial charge on any atom is 0.269 e. The minimum atomic E-state index is -0.378. The van der Waals surface area contributed by atoms with E-state index in [1.54, 1.807) is 12.1 Å². The summed E-state index contributed by atoms with van der Waals surface area (Å²) >= 11 is 4.32. The van der Waals surface area contributed by atoms with Crippen LogP contribution in [-0.2, 0) is 4.79 Å². The second-order valence-corrected chi connectivity index (χ2v) is 11.4. The molecule has 1 aromatic carbocycles. The molecule has 3 aliphatic rings. The Morgan fingerprint density at radius 1 is 1.25 bits per heavy atom. The molecule has 3 fully saturated rings. The molecule has 2 aliphatic carbocycles. The van der Waals surface area contributed by atoms with Crippen LogP contribution in [0.3, 0.4) is 0 Å². The van der Waals surface area contributed by atoms with Crippen LogP contribution in [0.15, 0.2) is 24.3 Å². The first kappa shape index (κ1) is 20.1. The summed E-state index contributed by atoms with van der Waals surface area (Å²) in [5.74, 6) is 4.09. The molecule has 0 radical (unpaired) electrons. The molecule has 3 atom stereocenters. The molecule has 7 heteroatoms. The summed E-state index contributed by atoms with van der Waals surface area (Å²) in [5, 5.41) is 11.1. The standard InChI is InChI=1S/C21H28N2O3S2/c1-14(15-5-3-8-19(13-15)23(25)26)22(2)20(24)16-11-17-6-4-7-18(12-16)21(17)27-9-10-28-21/h3,5,8,13-14,16-18H,4,6-7,9-12H2,1-2H3. The Kier molecular flexibility index (Phi) is 5.67. The minimum Gasteiger partial charge on any atom is -0.339 e. The average Bonchev–Trinajstić information content (AvgIpc) is 3.15. The van der Waals surface area contributed by atoms with Gasteiger partial charge in [-0.2, -0.15) is 0 Å². The van der Waals surface area contributed by atoms with E-state index in [2.05, 4.69) is 23.5 Å². The van der Waals surface area contributed by atoms with Crippen molar-refractivity contribution in [3.05, 3.63) is 39.9 Å². The van der Waals surface area contributed by atoms with Crippen LogP contribution in [0.2, 0.25) is 0 Å². The first-order valence-electron chi connectivity index (χ1n) is 10.2. The van der Waals surface area contributed by atoms with Crippen molar-refractivity contribution in [2.75, 3.05) is 18.6 Å². The third-order valence-corrected chi connectivity index (χ3v) is 11.0. The van der Waals surface area contributed by atoms with E-state index >= 15 is 0 Å². The van der Waals surface area contributed by atoms with E-state index in [4.69, 9.17) is 0 Å². The summed E-state index contributed by atoms with van der Waals surface area (Å²) in [6.45, 7) is 1.96. The van der Waals surface area contributed by atoms with Gasteiger partial charge in [0.1, 0.15) is 0 Å². The van der Waals surface area contributed by atoms with E-state index in [1.807, 2.05) is 24.9 Å².